The Morgan fingerprint density at radius 2 is 1.96 bits per heavy atom. The summed E-state index contributed by atoms with van der Waals surface area (Å²) in [5.41, 5.74) is 4.82. The van der Waals surface area contributed by atoms with Crippen LogP contribution in [0, 0.1) is 25.2 Å². The fourth-order valence-corrected chi connectivity index (χ4v) is 3.79. The Balaban J connectivity index is 1.50. The number of hydrogen-bond acceptors (Lipinski definition) is 2. The molecule has 0 amide bonds. The lowest BCUT2D eigenvalue weighted by Crippen LogP contribution is -2.46. The molecule has 2 heterocycles. The number of aromatic amines is 1. The Morgan fingerprint density at radius 1 is 1.22 bits per heavy atom. The second-order valence-corrected chi connectivity index (χ2v) is 7.15. The molecule has 23 heavy (non-hydrogen) atoms. The van der Waals surface area contributed by atoms with Crippen molar-refractivity contribution >= 4 is 10.9 Å². The van der Waals surface area contributed by atoms with Crippen LogP contribution in [0.15, 0.2) is 18.3 Å². The highest BCUT2D eigenvalue weighted by Gasteiger charge is 2.26. The van der Waals surface area contributed by atoms with Crippen LogP contribution in [0.1, 0.15) is 29.5 Å². The van der Waals surface area contributed by atoms with Gasteiger partial charge in [0, 0.05) is 61.9 Å². The van der Waals surface area contributed by atoms with Crippen LogP contribution in [-0.4, -0.2) is 47.5 Å². The number of nitrogens with one attached hydrogen (secondary N) is 1. The summed E-state index contributed by atoms with van der Waals surface area (Å²) in [6.07, 6.45) is 10.7. The first-order valence-corrected chi connectivity index (χ1v) is 8.75. The summed E-state index contributed by atoms with van der Waals surface area (Å²) in [4.78, 5) is 8.55. The van der Waals surface area contributed by atoms with Crippen molar-refractivity contribution in [3.63, 3.8) is 0 Å². The van der Waals surface area contributed by atoms with Gasteiger partial charge in [0.15, 0.2) is 0 Å². The first kappa shape index (κ1) is 14.8. The largest absolute Gasteiger partial charge is 0.361 e. The van der Waals surface area contributed by atoms with Crippen LogP contribution in [0.2, 0.25) is 0 Å². The number of aromatic nitrogens is 1. The fraction of sp³-hybridized carbons (Fsp3) is 0.500. The second-order valence-electron chi connectivity index (χ2n) is 7.15. The van der Waals surface area contributed by atoms with Crippen molar-refractivity contribution in [3.05, 3.63) is 35.0 Å². The maximum absolute atomic E-state index is 5.78. The van der Waals surface area contributed by atoms with Crippen LogP contribution in [0.5, 0.6) is 0 Å². The number of rotatable bonds is 4. The lowest BCUT2D eigenvalue weighted by Gasteiger charge is -2.35. The molecule has 1 aliphatic heterocycles. The summed E-state index contributed by atoms with van der Waals surface area (Å²) in [7, 11) is 0. The topological polar surface area (TPSA) is 22.3 Å². The van der Waals surface area contributed by atoms with E-state index in [-0.39, 0.29) is 0 Å². The number of aryl methyl sites for hydroxylation is 1. The molecule has 0 unspecified atom stereocenters. The van der Waals surface area contributed by atoms with E-state index in [1.807, 2.05) is 6.20 Å². The van der Waals surface area contributed by atoms with Gasteiger partial charge in [-0.1, -0.05) is 5.92 Å². The van der Waals surface area contributed by atoms with E-state index in [2.05, 4.69) is 39.8 Å². The van der Waals surface area contributed by atoms with E-state index in [1.165, 1.54) is 54.5 Å². The molecule has 2 fully saturated rings. The highest BCUT2D eigenvalue weighted by atomic mass is 15.3. The van der Waals surface area contributed by atoms with Gasteiger partial charge >= 0.3 is 0 Å². The van der Waals surface area contributed by atoms with Gasteiger partial charge in [-0.25, -0.2) is 0 Å². The molecule has 120 valence electrons. The first-order valence-electron chi connectivity index (χ1n) is 8.75. The number of benzene rings is 1. The molecule has 0 bridgehead atoms. The fourth-order valence-electron chi connectivity index (χ4n) is 3.79. The van der Waals surface area contributed by atoms with Crippen LogP contribution in [0.25, 0.3) is 10.9 Å². The molecule has 3 heteroatoms. The van der Waals surface area contributed by atoms with E-state index < -0.39 is 0 Å². The van der Waals surface area contributed by atoms with Crippen LogP contribution in [-0.2, 0) is 6.54 Å². The van der Waals surface area contributed by atoms with Crippen molar-refractivity contribution in [1.82, 2.24) is 14.8 Å². The minimum atomic E-state index is 0.964. The Morgan fingerprint density at radius 3 is 2.65 bits per heavy atom. The van der Waals surface area contributed by atoms with E-state index in [9.17, 15) is 0 Å². The highest BCUT2D eigenvalue weighted by molar-refractivity contribution is 5.88. The molecule has 0 spiro atoms. The van der Waals surface area contributed by atoms with E-state index in [0.29, 0.717) is 0 Å². The molecule has 1 saturated carbocycles. The van der Waals surface area contributed by atoms with Gasteiger partial charge in [-0.3, -0.25) is 4.90 Å². The smallest absolute Gasteiger partial charge is 0.0487 e. The summed E-state index contributed by atoms with van der Waals surface area (Å²) in [5, 5.41) is 1.29. The number of hydrogen-bond donors (Lipinski definition) is 1. The third kappa shape index (κ3) is 3.02. The van der Waals surface area contributed by atoms with Gasteiger partial charge in [0.1, 0.15) is 0 Å². The zero-order valence-corrected chi connectivity index (χ0v) is 13.9. The van der Waals surface area contributed by atoms with Gasteiger partial charge in [-0.05, 0) is 48.9 Å². The molecule has 1 aromatic carbocycles. The SMILES string of the molecule is C#Cc1cc(C)c2[nH]ccc2c1CN1CCN(CC2CC2)CC1. The number of terminal acetylenes is 1. The molecule has 3 nitrogen and oxygen atoms in total. The molecule has 1 N–H and O–H groups in total. The Kier molecular flexibility index (Phi) is 3.88. The molecule has 0 atom stereocenters. The maximum Gasteiger partial charge on any atom is 0.0487 e. The summed E-state index contributed by atoms with van der Waals surface area (Å²) in [5.74, 6) is 3.89. The van der Waals surface area contributed by atoms with Gasteiger partial charge in [-0.15, -0.1) is 6.42 Å². The van der Waals surface area contributed by atoms with E-state index in [0.717, 1.165) is 31.1 Å². The average Bonchev–Trinajstić information content (AvgIpc) is 3.23. The van der Waals surface area contributed by atoms with Crippen LogP contribution in [0.4, 0.5) is 0 Å². The van der Waals surface area contributed by atoms with Gasteiger partial charge in [0.25, 0.3) is 0 Å². The van der Waals surface area contributed by atoms with Crippen molar-refractivity contribution in [2.24, 2.45) is 5.92 Å². The summed E-state index contributed by atoms with van der Waals surface area (Å²) in [6.45, 7) is 9.10. The summed E-state index contributed by atoms with van der Waals surface area (Å²) < 4.78 is 0. The molecule has 2 aromatic rings. The summed E-state index contributed by atoms with van der Waals surface area (Å²) >= 11 is 0. The van der Waals surface area contributed by atoms with Crippen LogP contribution >= 0.6 is 0 Å². The standard InChI is InChI=1S/C20H25N3/c1-3-17-12-15(2)20-18(6-7-21-20)19(17)14-23-10-8-22(9-11-23)13-16-4-5-16/h1,6-7,12,16,21H,4-5,8-11,13-14H2,2H3. The monoisotopic (exact) mass is 307 g/mol. The quantitative estimate of drug-likeness (QED) is 0.877. The van der Waals surface area contributed by atoms with Crippen molar-refractivity contribution in [2.45, 2.75) is 26.3 Å². The third-order valence-electron chi connectivity index (χ3n) is 5.37. The normalized spacial score (nSPS) is 20.0. The van der Waals surface area contributed by atoms with Crippen molar-refractivity contribution in [1.29, 1.82) is 0 Å². The maximum atomic E-state index is 5.78. The van der Waals surface area contributed by atoms with Crippen molar-refractivity contribution in [2.75, 3.05) is 32.7 Å². The second kappa shape index (κ2) is 6.03. The molecule has 0 radical (unpaired) electrons. The predicted octanol–water partition coefficient (Wildman–Crippen LogP) is 2.99. The minimum absolute atomic E-state index is 0.964. The molecule has 4 rings (SSSR count). The van der Waals surface area contributed by atoms with Crippen molar-refractivity contribution < 1.29 is 0 Å². The Bertz CT molecular complexity index is 740. The number of piperazine rings is 1. The number of nitrogens with zero attached hydrogens (tertiary/aromatic N) is 2. The zero-order chi connectivity index (χ0) is 15.8. The Labute approximate surface area is 138 Å². The molecular weight excluding hydrogens is 282 g/mol. The molecule has 1 saturated heterocycles. The van der Waals surface area contributed by atoms with Gasteiger partial charge in [0.2, 0.25) is 0 Å². The third-order valence-corrected chi connectivity index (χ3v) is 5.37. The molecule has 2 aliphatic rings. The average molecular weight is 307 g/mol. The van der Waals surface area contributed by atoms with E-state index >= 15 is 0 Å². The lowest BCUT2D eigenvalue weighted by atomic mass is 9.99. The van der Waals surface area contributed by atoms with Crippen molar-refractivity contribution in [3.8, 4) is 12.3 Å². The van der Waals surface area contributed by atoms with Crippen LogP contribution in [0.3, 0.4) is 0 Å². The first-order chi connectivity index (χ1) is 11.2. The molecule has 1 aromatic heterocycles. The summed E-state index contributed by atoms with van der Waals surface area (Å²) in [6, 6.07) is 4.32. The minimum Gasteiger partial charge on any atom is -0.361 e. The lowest BCUT2D eigenvalue weighted by molar-refractivity contribution is 0.123. The molecule has 1 aliphatic carbocycles. The van der Waals surface area contributed by atoms with Gasteiger partial charge in [-0.2, -0.15) is 0 Å². The van der Waals surface area contributed by atoms with Gasteiger partial charge in [0.05, 0.1) is 0 Å². The number of fused-ring (bicyclic) bond motifs is 1. The molecular formula is C20H25N3. The Hall–Kier alpha value is -1.76. The van der Waals surface area contributed by atoms with Crippen LogP contribution < -0.4 is 0 Å². The van der Waals surface area contributed by atoms with E-state index in [4.69, 9.17) is 6.42 Å². The predicted molar refractivity (Wildman–Crippen MR) is 95.4 cm³/mol. The van der Waals surface area contributed by atoms with E-state index in [1.54, 1.807) is 0 Å². The van der Waals surface area contributed by atoms with Gasteiger partial charge < -0.3 is 9.88 Å². The zero-order valence-electron chi connectivity index (χ0n) is 13.9. The highest BCUT2D eigenvalue weighted by Crippen LogP contribution is 2.30. The number of H-pyrrole nitrogens is 1.